The molecule has 0 bridgehead atoms. The Bertz CT molecular complexity index is 470. The zero-order chi connectivity index (χ0) is 13.4. The van der Waals surface area contributed by atoms with Gasteiger partial charge < -0.3 is 4.74 Å². The number of hydrogen-bond donors (Lipinski definition) is 1. The molecule has 0 fully saturated rings. The number of sulfonamides is 1. The predicted octanol–water partition coefficient (Wildman–Crippen LogP) is 0.825. The molecule has 0 atom stereocenters. The molecule has 0 spiro atoms. The van der Waals surface area contributed by atoms with Crippen molar-refractivity contribution in [3.8, 4) is 0 Å². The van der Waals surface area contributed by atoms with Crippen LogP contribution in [-0.4, -0.2) is 39.7 Å². The number of benzene rings is 1. The molecule has 100 valence electrons. The maximum atomic E-state index is 11.7. The standard InChI is InChI=1S/C12H17NO4S/c1-2-17-9-8-13-18(15,16)10-12(14)11-6-4-3-5-7-11/h3-7,13H,2,8-10H2,1H3. The Labute approximate surface area is 107 Å². The summed E-state index contributed by atoms with van der Waals surface area (Å²) in [5.74, 6) is -0.956. The van der Waals surface area contributed by atoms with Gasteiger partial charge in [-0.1, -0.05) is 30.3 Å². The van der Waals surface area contributed by atoms with Gasteiger partial charge in [-0.05, 0) is 6.92 Å². The molecule has 6 heteroatoms. The van der Waals surface area contributed by atoms with Crippen molar-refractivity contribution in [2.24, 2.45) is 0 Å². The molecule has 1 aromatic rings. The van der Waals surface area contributed by atoms with Gasteiger partial charge in [-0.15, -0.1) is 0 Å². The van der Waals surface area contributed by atoms with Gasteiger partial charge in [-0.2, -0.15) is 0 Å². The Morgan fingerprint density at radius 3 is 2.56 bits per heavy atom. The first-order chi connectivity index (χ1) is 8.55. The number of ether oxygens (including phenoxy) is 1. The summed E-state index contributed by atoms with van der Waals surface area (Å²) in [6, 6.07) is 8.35. The van der Waals surface area contributed by atoms with Crippen LogP contribution in [0.25, 0.3) is 0 Å². The van der Waals surface area contributed by atoms with E-state index in [9.17, 15) is 13.2 Å². The fraction of sp³-hybridized carbons (Fsp3) is 0.417. The minimum Gasteiger partial charge on any atom is -0.380 e. The molecular weight excluding hydrogens is 254 g/mol. The van der Waals surface area contributed by atoms with Crippen molar-refractivity contribution in [3.05, 3.63) is 35.9 Å². The van der Waals surface area contributed by atoms with Crippen LogP contribution in [0.5, 0.6) is 0 Å². The number of nitrogens with one attached hydrogen (secondary N) is 1. The summed E-state index contributed by atoms with van der Waals surface area (Å²) in [4.78, 5) is 11.7. The lowest BCUT2D eigenvalue weighted by molar-refractivity contribution is 0.102. The second kappa shape index (κ2) is 7.25. The van der Waals surface area contributed by atoms with Crippen LogP contribution in [0.1, 0.15) is 17.3 Å². The van der Waals surface area contributed by atoms with Crippen molar-refractivity contribution in [2.45, 2.75) is 6.92 Å². The summed E-state index contributed by atoms with van der Waals surface area (Å²) in [6.45, 7) is 2.84. The van der Waals surface area contributed by atoms with E-state index in [1.807, 2.05) is 6.92 Å². The van der Waals surface area contributed by atoms with Gasteiger partial charge in [0.05, 0.1) is 6.61 Å². The first-order valence-corrected chi connectivity index (χ1v) is 7.33. The van der Waals surface area contributed by atoms with Crippen LogP contribution in [0.15, 0.2) is 30.3 Å². The summed E-state index contributed by atoms with van der Waals surface area (Å²) >= 11 is 0. The topological polar surface area (TPSA) is 72.5 Å². The SMILES string of the molecule is CCOCCNS(=O)(=O)CC(=O)c1ccccc1. The lowest BCUT2D eigenvalue weighted by Gasteiger charge is -2.06. The van der Waals surface area contributed by atoms with E-state index in [0.29, 0.717) is 18.8 Å². The van der Waals surface area contributed by atoms with E-state index in [1.165, 1.54) is 0 Å². The highest BCUT2D eigenvalue weighted by Gasteiger charge is 2.16. The normalized spacial score (nSPS) is 11.4. The fourth-order valence-corrected chi connectivity index (χ4v) is 2.35. The van der Waals surface area contributed by atoms with Crippen molar-refractivity contribution in [1.82, 2.24) is 4.72 Å². The fourth-order valence-electron chi connectivity index (χ4n) is 1.34. The van der Waals surface area contributed by atoms with E-state index >= 15 is 0 Å². The molecule has 0 radical (unpaired) electrons. The second-order valence-electron chi connectivity index (χ2n) is 3.64. The summed E-state index contributed by atoms with van der Waals surface area (Å²) in [5, 5.41) is 0. The Hall–Kier alpha value is -1.24. The van der Waals surface area contributed by atoms with Crippen LogP contribution in [0.4, 0.5) is 0 Å². The number of Topliss-reactive ketones (excluding diaryl/α,β-unsaturated/α-hetero) is 1. The van der Waals surface area contributed by atoms with Crippen molar-refractivity contribution in [1.29, 1.82) is 0 Å². The third kappa shape index (κ3) is 5.39. The van der Waals surface area contributed by atoms with Crippen molar-refractivity contribution in [2.75, 3.05) is 25.5 Å². The van der Waals surface area contributed by atoms with Crippen LogP contribution in [0.3, 0.4) is 0 Å². The van der Waals surface area contributed by atoms with Gasteiger partial charge in [0.1, 0.15) is 5.75 Å². The maximum Gasteiger partial charge on any atom is 0.219 e. The van der Waals surface area contributed by atoms with Gasteiger partial charge >= 0.3 is 0 Å². The summed E-state index contributed by atoms with van der Waals surface area (Å²) in [6.07, 6.45) is 0. The maximum absolute atomic E-state index is 11.7. The molecule has 0 heterocycles. The molecule has 1 aromatic carbocycles. The van der Waals surface area contributed by atoms with Crippen LogP contribution >= 0.6 is 0 Å². The van der Waals surface area contributed by atoms with E-state index in [4.69, 9.17) is 4.74 Å². The van der Waals surface area contributed by atoms with Gasteiger partial charge in [0.15, 0.2) is 5.78 Å². The highest BCUT2D eigenvalue weighted by Crippen LogP contribution is 2.01. The van der Waals surface area contributed by atoms with E-state index in [2.05, 4.69) is 4.72 Å². The summed E-state index contributed by atoms with van der Waals surface area (Å²) in [7, 11) is -3.59. The van der Waals surface area contributed by atoms with Crippen molar-refractivity contribution in [3.63, 3.8) is 0 Å². The average molecular weight is 271 g/mol. The molecule has 0 saturated carbocycles. The molecule has 0 aliphatic heterocycles. The van der Waals surface area contributed by atoms with E-state index in [-0.39, 0.29) is 6.54 Å². The summed E-state index contributed by atoms with van der Waals surface area (Å²) in [5.41, 5.74) is 0.396. The van der Waals surface area contributed by atoms with Crippen LogP contribution in [-0.2, 0) is 14.8 Å². The number of carbonyl (C=O) groups is 1. The molecule has 0 amide bonds. The first-order valence-electron chi connectivity index (χ1n) is 5.68. The zero-order valence-electron chi connectivity index (χ0n) is 10.3. The molecule has 1 rings (SSSR count). The highest BCUT2D eigenvalue weighted by molar-refractivity contribution is 7.90. The first kappa shape index (κ1) is 14.8. The largest absolute Gasteiger partial charge is 0.380 e. The van der Waals surface area contributed by atoms with Crippen LogP contribution in [0, 0.1) is 0 Å². The van der Waals surface area contributed by atoms with Gasteiger partial charge in [0.2, 0.25) is 10.0 Å². The average Bonchev–Trinajstić information content (AvgIpc) is 2.35. The lowest BCUT2D eigenvalue weighted by Crippen LogP contribution is -2.32. The molecule has 18 heavy (non-hydrogen) atoms. The molecule has 0 aromatic heterocycles. The molecular formula is C12H17NO4S. The van der Waals surface area contributed by atoms with E-state index < -0.39 is 21.6 Å². The van der Waals surface area contributed by atoms with Crippen LogP contribution in [0.2, 0.25) is 0 Å². The van der Waals surface area contributed by atoms with Crippen molar-refractivity contribution < 1.29 is 17.9 Å². The predicted molar refractivity (Wildman–Crippen MR) is 69.1 cm³/mol. The van der Waals surface area contributed by atoms with Gasteiger partial charge in [-0.3, -0.25) is 4.79 Å². The van der Waals surface area contributed by atoms with Crippen LogP contribution < -0.4 is 4.72 Å². The van der Waals surface area contributed by atoms with Crippen molar-refractivity contribution >= 4 is 15.8 Å². The monoisotopic (exact) mass is 271 g/mol. The number of hydrogen-bond acceptors (Lipinski definition) is 4. The minimum atomic E-state index is -3.59. The number of rotatable bonds is 8. The number of ketones is 1. The number of carbonyl (C=O) groups excluding carboxylic acids is 1. The molecule has 0 saturated heterocycles. The lowest BCUT2D eigenvalue weighted by atomic mass is 10.2. The van der Waals surface area contributed by atoms with E-state index in [1.54, 1.807) is 30.3 Å². The third-order valence-corrected chi connectivity index (χ3v) is 3.48. The zero-order valence-corrected chi connectivity index (χ0v) is 11.1. The molecule has 0 aliphatic rings. The Kier molecular flexibility index (Phi) is 5.97. The van der Waals surface area contributed by atoms with Gasteiger partial charge in [0.25, 0.3) is 0 Å². The molecule has 5 nitrogen and oxygen atoms in total. The third-order valence-electron chi connectivity index (χ3n) is 2.19. The van der Waals surface area contributed by atoms with E-state index in [0.717, 1.165) is 0 Å². The Morgan fingerprint density at radius 1 is 1.28 bits per heavy atom. The highest BCUT2D eigenvalue weighted by atomic mass is 32.2. The molecule has 0 aliphatic carbocycles. The van der Waals surface area contributed by atoms with Gasteiger partial charge in [0, 0.05) is 18.7 Å². The molecule has 0 unspecified atom stereocenters. The Balaban J connectivity index is 2.48. The smallest absolute Gasteiger partial charge is 0.219 e. The summed E-state index contributed by atoms with van der Waals surface area (Å²) < 4.78 is 30.5. The quantitative estimate of drug-likeness (QED) is 0.561. The Morgan fingerprint density at radius 2 is 1.94 bits per heavy atom. The van der Waals surface area contributed by atoms with Gasteiger partial charge in [-0.25, -0.2) is 13.1 Å². The molecule has 1 N–H and O–H groups in total. The minimum absolute atomic E-state index is 0.179. The second-order valence-corrected chi connectivity index (χ2v) is 5.45.